The molecule has 0 aliphatic carbocycles. The predicted molar refractivity (Wildman–Crippen MR) is 116 cm³/mol. The minimum absolute atomic E-state index is 0.0622. The van der Waals surface area contributed by atoms with Crippen molar-refractivity contribution in [1.29, 1.82) is 0 Å². The molecule has 1 heterocycles. The smallest absolute Gasteiger partial charge is 0.240 e. The van der Waals surface area contributed by atoms with Gasteiger partial charge in [-0.15, -0.1) is 11.3 Å². The van der Waals surface area contributed by atoms with Crippen LogP contribution in [-0.2, 0) is 20.4 Å². The largest absolute Gasteiger partial charge is 0.383 e. The van der Waals surface area contributed by atoms with Crippen LogP contribution in [0.5, 0.6) is 0 Å². The van der Waals surface area contributed by atoms with Crippen LogP contribution in [0.1, 0.15) is 25.6 Å². The van der Waals surface area contributed by atoms with E-state index in [1.54, 1.807) is 32.9 Å². The summed E-state index contributed by atoms with van der Waals surface area (Å²) in [7, 11) is -3.81. The molecule has 8 heteroatoms. The van der Waals surface area contributed by atoms with Crippen molar-refractivity contribution in [2.24, 2.45) is 5.92 Å². The van der Waals surface area contributed by atoms with Crippen molar-refractivity contribution in [2.45, 2.75) is 31.3 Å². The maximum Gasteiger partial charge on any atom is 0.240 e. The molecule has 1 atom stereocenters. The van der Waals surface area contributed by atoms with Crippen molar-refractivity contribution in [1.82, 2.24) is 4.72 Å². The number of rotatable bonds is 7. The first-order chi connectivity index (χ1) is 13.6. The van der Waals surface area contributed by atoms with E-state index in [1.165, 1.54) is 23.5 Å². The lowest BCUT2D eigenvalue weighted by atomic mass is 10.1. The molecule has 0 aliphatic rings. The number of hydrogen-bond donors (Lipinski definition) is 3. The van der Waals surface area contributed by atoms with Crippen molar-refractivity contribution in [2.75, 3.05) is 11.9 Å². The Morgan fingerprint density at radius 2 is 1.79 bits per heavy atom. The fourth-order valence-electron chi connectivity index (χ4n) is 2.66. The zero-order chi connectivity index (χ0) is 21.2. The van der Waals surface area contributed by atoms with Gasteiger partial charge in [-0.1, -0.05) is 32.0 Å². The Labute approximate surface area is 174 Å². The molecule has 29 heavy (non-hydrogen) atoms. The Morgan fingerprint density at radius 1 is 1.14 bits per heavy atom. The quantitative estimate of drug-likeness (QED) is 0.531. The topological polar surface area (TPSA) is 95.5 Å². The number of amides is 1. The van der Waals surface area contributed by atoms with Crippen LogP contribution in [0.15, 0.2) is 59.5 Å². The van der Waals surface area contributed by atoms with Gasteiger partial charge in [0.25, 0.3) is 0 Å². The monoisotopic (exact) mass is 432 g/mol. The summed E-state index contributed by atoms with van der Waals surface area (Å²) in [6.07, 6.45) is 0. The maximum atomic E-state index is 12.6. The van der Waals surface area contributed by atoms with Crippen molar-refractivity contribution >= 4 is 43.0 Å². The number of carbonyl (C=O) groups excluding carboxylic acids is 1. The molecule has 0 saturated carbocycles. The van der Waals surface area contributed by atoms with Crippen LogP contribution >= 0.6 is 11.3 Å². The molecule has 0 fully saturated rings. The second kappa shape index (κ2) is 8.23. The van der Waals surface area contributed by atoms with E-state index in [4.69, 9.17) is 0 Å². The molecule has 0 aliphatic heterocycles. The van der Waals surface area contributed by atoms with E-state index in [0.29, 0.717) is 10.6 Å². The summed E-state index contributed by atoms with van der Waals surface area (Å²) in [6.45, 7) is 4.99. The first-order valence-electron chi connectivity index (χ1n) is 9.20. The van der Waals surface area contributed by atoms with Gasteiger partial charge < -0.3 is 10.4 Å². The minimum atomic E-state index is -3.81. The van der Waals surface area contributed by atoms with E-state index in [9.17, 15) is 18.3 Å². The van der Waals surface area contributed by atoms with Crippen LogP contribution in [0.3, 0.4) is 0 Å². The van der Waals surface area contributed by atoms with Gasteiger partial charge in [-0.05, 0) is 48.7 Å². The van der Waals surface area contributed by atoms with Crippen LogP contribution in [0, 0.1) is 5.92 Å². The van der Waals surface area contributed by atoms with Crippen molar-refractivity contribution in [3.05, 3.63) is 59.5 Å². The molecule has 154 valence electrons. The van der Waals surface area contributed by atoms with Gasteiger partial charge in [0.1, 0.15) is 5.60 Å². The Kier molecular flexibility index (Phi) is 6.09. The fraction of sp³-hybridized carbons (Fsp3) is 0.286. The highest BCUT2D eigenvalue weighted by Gasteiger charge is 2.28. The van der Waals surface area contributed by atoms with E-state index in [2.05, 4.69) is 10.0 Å². The van der Waals surface area contributed by atoms with E-state index >= 15 is 0 Å². The van der Waals surface area contributed by atoms with Gasteiger partial charge in [0.15, 0.2) is 0 Å². The Bertz CT molecular complexity index is 1080. The number of anilines is 1. The summed E-state index contributed by atoms with van der Waals surface area (Å²) in [5.74, 6) is -0.311. The van der Waals surface area contributed by atoms with Gasteiger partial charge in [-0.3, -0.25) is 4.79 Å². The maximum absolute atomic E-state index is 12.6. The van der Waals surface area contributed by atoms with Crippen molar-refractivity contribution < 1.29 is 18.3 Å². The molecule has 1 amide bonds. The van der Waals surface area contributed by atoms with E-state index in [-0.39, 0.29) is 23.3 Å². The molecule has 0 radical (unpaired) electrons. The number of hydrogen-bond acceptors (Lipinski definition) is 5. The summed E-state index contributed by atoms with van der Waals surface area (Å²) in [4.78, 5) is 12.5. The lowest BCUT2D eigenvalue weighted by Gasteiger charge is -2.22. The molecule has 3 N–H and O–H groups in total. The minimum Gasteiger partial charge on any atom is -0.383 e. The third-order valence-electron chi connectivity index (χ3n) is 4.52. The SMILES string of the molecule is CC(C)C(=O)Nc1ccc(S(=O)(=O)NCC(C)(O)c2cc3ccccc3s2)cc1. The third kappa shape index (κ3) is 5.02. The Balaban J connectivity index is 1.70. The van der Waals surface area contributed by atoms with E-state index in [1.807, 2.05) is 30.3 Å². The number of carbonyl (C=O) groups is 1. The second-order valence-electron chi connectivity index (χ2n) is 7.42. The normalized spacial score (nSPS) is 14.1. The molecule has 0 saturated heterocycles. The molecule has 3 aromatic rings. The average Bonchev–Trinajstić information content (AvgIpc) is 3.12. The number of sulfonamides is 1. The molecule has 0 spiro atoms. The molecular formula is C21H24N2O4S2. The van der Waals surface area contributed by atoms with Crippen LogP contribution in [0.2, 0.25) is 0 Å². The number of fused-ring (bicyclic) bond motifs is 1. The molecule has 6 nitrogen and oxygen atoms in total. The first-order valence-corrected chi connectivity index (χ1v) is 11.5. The van der Waals surface area contributed by atoms with Crippen LogP contribution in [-0.4, -0.2) is 26.0 Å². The first kappa shape index (κ1) is 21.4. The summed E-state index contributed by atoms with van der Waals surface area (Å²) in [5, 5.41) is 14.6. The lowest BCUT2D eigenvalue weighted by molar-refractivity contribution is -0.118. The van der Waals surface area contributed by atoms with Crippen LogP contribution in [0.25, 0.3) is 10.1 Å². The summed E-state index contributed by atoms with van der Waals surface area (Å²) in [6, 6.07) is 15.6. The zero-order valence-corrected chi connectivity index (χ0v) is 18.1. The molecule has 1 unspecified atom stereocenters. The molecule has 3 rings (SSSR count). The van der Waals surface area contributed by atoms with Gasteiger partial charge in [0, 0.05) is 27.7 Å². The lowest BCUT2D eigenvalue weighted by Crippen LogP contribution is -2.38. The van der Waals surface area contributed by atoms with Crippen LogP contribution < -0.4 is 10.0 Å². The number of benzene rings is 2. The molecule has 2 aromatic carbocycles. The highest BCUT2D eigenvalue weighted by atomic mass is 32.2. The highest BCUT2D eigenvalue weighted by molar-refractivity contribution is 7.89. The summed E-state index contributed by atoms with van der Waals surface area (Å²) in [5.41, 5.74) is -0.818. The Hall–Kier alpha value is -2.26. The number of thiophene rings is 1. The highest BCUT2D eigenvalue weighted by Crippen LogP contribution is 2.33. The molecule has 0 bridgehead atoms. The molecule has 1 aromatic heterocycles. The second-order valence-corrected chi connectivity index (χ2v) is 10.3. The zero-order valence-electron chi connectivity index (χ0n) is 16.5. The number of nitrogens with one attached hydrogen (secondary N) is 2. The summed E-state index contributed by atoms with van der Waals surface area (Å²) < 4.78 is 28.7. The van der Waals surface area contributed by atoms with Crippen LogP contribution in [0.4, 0.5) is 5.69 Å². The van der Waals surface area contributed by atoms with E-state index in [0.717, 1.165) is 10.1 Å². The molecular weight excluding hydrogens is 408 g/mol. The van der Waals surface area contributed by atoms with Gasteiger partial charge in [0.2, 0.25) is 15.9 Å². The summed E-state index contributed by atoms with van der Waals surface area (Å²) >= 11 is 1.44. The third-order valence-corrected chi connectivity index (χ3v) is 7.31. The van der Waals surface area contributed by atoms with Crippen molar-refractivity contribution in [3.63, 3.8) is 0 Å². The van der Waals surface area contributed by atoms with Gasteiger partial charge >= 0.3 is 0 Å². The Morgan fingerprint density at radius 3 is 2.41 bits per heavy atom. The predicted octanol–water partition coefficient (Wildman–Crippen LogP) is 3.68. The van der Waals surface area contributed by atoms with Gasteiger partial charge in [0.05, 0.1) is 4.90 Å². The standard InChI is InChI=1S/C21H24N2O4S2/c1-14(2)20(24)23-16-8-10-17(11-9-16)29(26,27)22-13-21(3,25)19-12-15-6-4-5-7-18(15)28-19/h4-12,14,22,25H,13H2,1-3H3,(H,23,24). The fourth-order valence-corrected chi connectivity index (χ4v) is 4.90. The van der Waals surface area contributed by atoms with E-state index < -0.39 is 15.6 Å². The number of aliphatic hydroxyl groups is 1. The van der Waals surface area contributed by atoms with Gasteiger partial charge in [-0.2, -0.15) is 0 Å². The van der Waals surface area contributed by atoms with Gasteiger partial charge in [-0.25, -0.2) is 13.1 Å². The average molecular weight is 433 g/mol. The van der Waals surface area contributed by atoms with Crippen molar-refractivity contribution in [3.8, 4) is 0 Å².